The van der Waals surface area contributed by atoms with Crippen LogP contribution in [0.5, 0.6) is 0 Å². The van der Waals surface area contributed by atoms with Crippen molar-refractivity contribution < 1.29 is 0 Å². The average Bonchev–Trinajstić information content (AvgIpc) is 0.918. The maximum absolute atomic E-state index is 3.50. The van der Waals surface area contributed by atoms with Crippen molar-refractivity contribution >= 4 is 17.4 Å². The van der Waals surface area contributed by atoms with Gasteiger partial charge in [0, 0.05) is 0 Å². The van der Waals surface area contributed by atoms with Crippen LogP contribution in [0.3, 0.4) is 0 Å². The monoisotopic (exact) mass is 101 g/mol. The van der Waals surface area contributed by atoms with Gasteiger partial charge in [0.15, 0.2) is 0 Å². The summed E-state index contributed by atoms with van der Waals surface area (Å²) < 4.78 is 0. The van der Waals surface area contributed by atoms with Gasteiger partial charge in [-0.1, -0.05) is 0 Å². The van der Waals surface area contributed by atoms with Crippen molar-refractivity contribution in [3.63, 3.8) is 0 Å². The van der Waals surface area contributed by atoms with Crippen molar-refractivity contribution in [1.29, 1.82) is 0 Å². The van der Waals surface area contributed by atoms with Crippen LogP contribution in [0.25, 0.3) is 5.32 Å². The van der Waals surface area contributed by atoms with Crippen molar-refractivity contribution in [3.8, 4) is 0 Å². The van der Waals surface area contributed by atoms with E-state index in [0.29, 0.717) is 0 Å². The minimum absolute atomic E-state index is 0. The topological polar surface area (TPSA) is 14.1 Å². The van der Waals surface area contributed by atoms with Gasteiger partial charge >= 0.3 is 17.4 Å². The van der Waals surface area contributed by atoms with Crippen LogP contribution >= 0.6 is 0 Å². The van der Waals surface area contributed by atoms with E-state index in [0.717, 1.165) is 0 Å². The molecule has 0 atom stereocenters. The molecule has 0 aliphatic heterocycles. The first-order valence-corrected chi connectivity index (χ1v) is 0.894. The summed E-state index contributed by atoms with van der Waals surface area (Å²) in [6.07, 6.45) is 0. The van der Waals surface area contributed by atoms with Gasteiger partial charge in [-0.2, -0.15) is 14.1 Å². The molecule has 2 heteroatoms. The molecule has 0 aliphatic rings. The van der Waals surface area contributed by atoms with E-state index < -0.39 is 0 Å². The number of hydrogen-bond acceptors (Lipinski definition) is 0. The van der Waals surface area contributed by atoms with E-state index in [4.69, 9.17) is 0 Å². The Kier molecular flexibility index (Phi) is 261. The second-order valence-corrected chi connectivity index (χ2v) is 0.447. The fourth-order valence-corrected chi connectivity index (χ4v) is 0. The zero-order valence-electron chi connectivity index (χ0n) is 5.02. The number of nitrogens with zero attached hydrogens (tertiary/aromatic N) is 1. The van der Waals surface area contributed by atoms with Gasteiger partial charge in [0.25, 0.3) is 0 Å². The van der Waals surface area contributed by atoms with Crippen molar-refractivity contribution in [1.82, 2.24) is 0 Å². The molecule has 1 nitrogen and oxygen atoms in total. The fraction of sp³-hybridized carbons (Fsp3) is 0.500. The zero-order valence-corrected chi connectivity index (χ0v) is 6.18. The molecule has 0 aromatic heterocycles. The quantitative estimate of drug-likeness (QED) is 0.321. The number of hydrogen-bond donors (Lipinski definition) is 0. The first-order chi connectivity index (χ1) is 1.41. The molecule has 6 heavy (non-hydrogen) atoms. The third-order valence-electron chi connectivity index (χ3n) is 0. The van der Waals surface area contributed by atoms with Crippen LogP contribution in [0.15, 0.2) is 0 Å². The third-order valence-corrected chi connectivity index (χ3v) is 0. The normalized spacial score (nSPS) is 3.00. The standard InChI is InChI=1S/C2H6N.2CH3.Al/c1-3-2;;;/h1-2H3;2*1H3;/q3*-1;+3. The zero-order chi connectivity index (χ0) is 2.71. The first-order valence-electron chi connectivity index (χ1n) is 0.894. The van der Waals surface area contributed by atoms with E-state index in [1.165, 1.54) is 0 Å². The molecule has 0 fully saturated rings. The van der Waals surface area contributed by atoms with Gasteiger partial charge in [0.1, 0.15) is 0 Å². The summed E-state index contributed by atoms with van der Waals surface area (Å²) in [5.74, 6) is 0. The van der Waals surface area contributed by atoms with Gasteiger partial charge in [-0.05, 0) is 0 Å². The molecule has 0 N–H and O–H groups in total. The maximum Gasteiger partial charge on any atom is 3.00 e. The van der Waals surface area contributed by atoms with Gasteiger partial charge in [0.2, 0.25) is 0 Å². The minimum Gasteiger partial charge on any atom is -0.668 e. The van der Waals surface area contributed by atoms with E-state index >= 15 is 0 Å². The molecule has 0 radical (unpaired) electrons. The van der Waals surface area contributed by atoms with Crippen LogP contribution in [0.1, 0.15) is 0 Å². The van der Waals surface area contributed by atoms with Crippen LogP contribution in [-0.4, -0.2) is 31.5 Å². The Hall–Kier alpha value is 0.492. The molecule has 0 aromatic rings. The van der Waals surface area contributed by atoms with E-state index in [1.54, 1.807) is 14.1 Å². The van der Waals surface area contributed by atoms with Crippen LogP contribution in [0.4, 0.5) is 0 Å². The maximum atomic E-state index is 3.50. The molecular weight excluding hydrogens is 89.0 g/mol. The molecule has 0 aromatic carbocycles. The molecule has 0 unspecified atom stereocenters. The fourth-order valence-electron chi connectivity index (χ4n) is 0. The summed E-state index contributed by atoms with van der Waals surface area (Å²) in [4.78, 5) is 0. The molecule has 0 bridgehead atoms. The van der Waals surface area contributed by atoms with Gasteiger partial charge in [0.05, 0.1) is 0 Å². The van der Waals surface area contributed by atoms with Gasteiger partial charge in [-0.3, -0.25) is 0 Å². The predicted molar refractivity (Wildman–Crippen MR) is 33.8 cm³/mol. The Morgan fingerprint density at radius 1 is 1.00 bits per heavy atom. The van der Waals surface area contributed by atoms with Gasteiger partial charge in [-0.15, -0.1) is 0 Å². The summed E-state index contributed by atoms with van der Waals surface area (Å²) in [5, 5.41) is 3.50. The Balaban J connectivity index is -0.00000000667. The second kappa shape index (κ2) is 49.8. The Morgan fingerprint density at radius 2 is 1.00 bits per heavy atom. The molecule has 0 saturated carbocycles. The van der Waals surface area contributed by atoms with E-state index in [2.05, 4.69) is 5.32 Å². The molecular formula is C4H12AlN. The summed E-state index contributed by atoms with van der Waals surface area (Å²) in [7, 11) is 3.50. The van der Waals surface area contributed by atoms with E-state index in [9.17, 15) is 0 Å². The summed E-state index contributed by atoms with van der Waals surface area (Å²) in [5.41, 5.74) is 0. The van der Waals surface area contributed by atoms with E-state index in [1.807, 2.05) is 0 Å². The van der Waals surface area contributed by atoms with Crippen LogP contribution < -0.4 is 0 Å². The average molecular weight is 101 g/mol. The van der Waals surface area contributed by atoms with Crippen LogP contribution in [0.2, 0.25) is 0 Å². The van der Waals surface area contributed by atoms with Gasteiger partial charge < -0.3 is 20.2 Å². The molecule has 0 aliphatic carbocycles. The molecule has 36 valence electrons. The van der Waals surface area contributed by atoms with Crippen LogP contribution in [-0.2, 0) is 0 Å². The van der Waals surface area contributed by atoms with E-state index in [-0.39, 0.29) is 32.2 Å². The third kappa shape index (κ3) is 226. The van der Waals surface area contributed by atoms with Crippen molar-refractivity contribution in [2.45, 2.75) is 0 Å². The smallest absolute Gasteiger partial charge is 0.668 e. The second-order valence-electron chi connectivity index (χ2n) is 0.447. The Labute approximate surface area is 52.3 Å². The molecule has 0 spiro atoms. The van der Waals surface area contributed by atoms with Crippen molar-refractivity contribution in [2.75, 3.05) is 14.1 Å². The van der Waals surface area contributed by atoms with Gasteiger partial charge in [-0.25, -0.2) is 0 Å². The minimum atomic E-state index is 0. The number of rotatable bonds is 0. The molecule has 0 saturated heterocycles. The summed E-state index contributed by atoms with van der Waals surface area (Å²) in [6, 6.07) is 0. The molecule has 0 amide bonds. The summed E-state index contributed by atoms with van der Waals surface area (Å²) in [6.45, 7) is 0. The first kappa shape index (κ1) is 31.5. The predicted octanol–water partition coefficient (Wildman–Crippen LogP) is 1.14. The summed E-state index contributed by atoms with van der Waals surface area (Å²) >= 11 is 0. The Bertz CT molecular complexity index is 7.51. The molecule has 0 rings (SSSR count). The van der Waals surface area contributed by atoms with Crippen LogP contribution in [0, 0.1) is 14.9 Å². The Morgan fingerprint density at radius 3 is 1.00 bits per heavy atom. The SMILES string of the molecule is C[N-]C.[Al+3].[CH3-].[CH3-]. The molecule has 0 heterocycles. The van der Waals surface area contributed by atoms with Crippen molar-refractivity contribution in [3.05, 3.63) is 20.2 Å². The largest absolute Gasteiger partial charge is 3.00 e. The van der Waals surface area contributed by atoms with Crippen molar-refractivity contribution in [2.24, 2.45) is 0 Å².